The van der Waals surface area contributed by atoms with Crippen molar-refractivity contribution in [3.05, 3.63) is 0 Å². The van der Waals surface area contributed by atoms with Gasteiger partial charge in [0.15, 0.2) is 0 Å². The Morgan fingerprint density at radius 1 is 1.12 bits per heavy atom. The summed E-state index contributed by atoms with van der Waals surface area (Å²) >= 11 is 0. The van der Waals surface area contributed by atoms with E-state index in [1.165, 1.54) is 0 Å². The monoisotopic (exact) mass is 242 g/mol. The molecule has 0 atom stereocenters. The Morgan fingerprint density at radius 3 is 2.18 bits per heavy atom. The number of carbonyl (C=O) groups is 2. The maximum Gasteiger partial charge on any atom is 0.320 e. The minimum Gasteiger partial charge on any atom is -0.481 e. The number of likely N-dealkylation sites (tertiary alicyclic amines) is 2. The van der Waals surface area contributed by atoms with Gasteiger partial charge >= 0.3 is 12.0 Å². The predicted octanol–water partition coefficient (Wildman–Crippen LogP) is -0.173. The lowest BCUT2D eigenvalue weighted by atomic mass is 9.97. The third kappa shape index (κ3) is 2.52. The number of urea groups is 1. The fourth-order valence-corrected chi connectivity index (χ4v) is 2.30. The van der Waals surface area contributed by atoms with Gasteiger partial charge in [-0.25, -0.2) is 4.79 Å². The average Bonchev–Trinajstić information content (AvgIpc) is 2.26. The molecule has 2 aliphatic rings. The molecule has 17 heavy (non-hydrogen) atoms. The smallest absolute Gasteiger partial charge is 0.320 e. The standard InChI is InChI=1S/C11H18N2O4/c14-7-8-1-3-12(4-2-8)11(17)13-5-9(6-13)10(15)16/h8-9,14H,1-7H2,(H,15,16). The molecule has 2 amide bonds. The molecular weight excluding hydrogens is 224 g/mol. The zero-order valence-corrected chi connectivity index (χ0v) is 9.71. The predicted molar refractivity (Wildman–Crippen MR) is 59.5 cm³/mol. The van der Waals surface area contributed by atoms with Crippen LogP contribution in [0.5, 0.6) is 0 Å². The summed E-state index contributed by atoms with van der Waals surface area (Å²) in [4.78, 5) is 25.9. The van der Waals surface area contributed by atoms with Crippen LogP contribution >= 0.6 is 0 Å². The van der Waals surface area contributed by atoms with E-state index < -0.39 is 11.9 Å². The van der Waals surface area contributed by atoms with Crippen LogP contribution in [-0.2, 0) is 4.79 Å². The molecule has 0 saturated carbocycles. The molecule has 0 aromatic rings. The van der Waals surface area contributed by atoms with E-state index in [4.69, 9.17) is 10.2 Å². The number of piperidine rings is 1. The summed E-state index contributed by atoms with van der Waals surface area (Å²) in [7, 11) is 0. The second-order valence-electron chi connectivity index (χ2n) is 4.84. The Kier molecular flexibility index (Phi) is 3.51. The number of carbonyl (C=O) groups excluding carboxylic acids is 1. The number of nitrogens with zero attached hydrogens (tertiary/aromatic N) is 2. The summed E-state index contributed by atoms with van der Waals surface area (Å²) in [6.45, 7) is 2.17. The van der Waals surface area contributed by atoms with Crippen molar-refractivity contribution in [2.75, 3.05) is 32.8 Å². The van der Waals surface area contributed by atoms with E-state index in [1.807, 2.05) is 0 Å². The van der Waals surface area contributed by atoms with Gasteiger partial charge in [-0.1, -0.05) is 0 Å². The van der Waals surface area contributed by atoms with Gasteiger partial charge in [0.05, 0.1) is 5.92 Å². The molecule has 0 aromatic heterocycles. The van der Waals surface area contributed by atoms with Crippen LogP contribution in [0.4, 0.5) is 4.79 Å². The van der Waals surface area contributed by atoms with Gasteiger partial charge in [-0.15, -0.1) is 0 Å². The zero-order chi connectivity index (χ0) is 12.4. The lowest BCUT2D eigenvalue weighted by Crippen LogP contribution is -2.58. The lowest BCUT2D eigenvalue weighted by Gasteiger charge is -2.41. The molecule has 6 heteroatoms. The lowest BCUT2D eigenvalue weighted by molar-refractivity contribution is -0.146. The van der Waals surface area contributed by atoms with E-state index >= 15 is 0 Å². The molecule has 0 unspecified atom stereocenters. The van der Waals surface area contributed by atoms with Gasteiger partial charge in [-0.2, -0.15) is 0 Å². The van der Waals surface area contributed by atoms with E-state index in [0.717, 1.165) is 12.8 Å². The topological polar surface area (TPSA) is 81.1 Å². The highest BCUT2D eigenvalue weighted by molar-refractivity contribution is 5.79. The number of hydrogen-bond acceptors (Lipinski definition) is 3. The molecule has 2 rings (SSSR count). The first-order valence-corrected chi connectivity index (χ1v) is 5.99. The van der Waals surface area contributed by atoms with Gasteiger partial charge in [0, 0.05) is 32.8 Å². The molecule has 96 valence electrons. The van der Waals surface area contributed by atoms with Crippen molar-refractivity contribution in [2.45, 2.75) is 12.8 Å². The highest BCUT2D eigenvalue weighted by Crippen LogP contribution is 2.22. The molecule has 0 aromatic carbocycles. The molecule has 0 aliphatic carbocycles. The van der Waals surface area contributed by atoms with Crippen molar-refractivity contribution in [2.24, 2.45) is 11.8 Å². The molecule has 2 heterocycles. The van der Waals surface area contributed by atoms with Crippen molar-refractivity contribution in [3.8, 4) is 0 Å². The Hall–Kier alpha value is -1.30. The summed E-state index contributed by atoms with van der Waals surface area (Å²) in [6.07, 6.45) is 1.66. The number of hydrogen-bond donors (Lipinski definition) is 2. The SMILES string of the molecule is O=C(O)C1CN(C(=O)N2CCC(CO)CC2)C1. The molecule has 2 saturated heterocycles. The molecule has 2 N–H and O–H groups in total. The van der Waals surface area contributed by atoms with Crippen molar-refractivity contribution < 1.29 is 19.8 Å². The molecule has 0 spiro atoms. The molecule has 6 nitrogen and oxygen atoms in total. The van der Waals surface area contributed by atoms with E-state index in [1.54, 1.807) is 9.80 Å². The van der Waals surface area contributed by atoms with Crippen LogP contribution in [0.25, 0.3) is 0 Å². The molecule has 0 bridgehead atoms. The summed E-state index contributed by atoms with van der Waals surface area (Å²) in [5.74, 6) is -0.913. The van der Waals surface area contributed by atoms with Crippen molar-refractivity contribution in [1.82, 2.24) is 9.80 Å². The number of aliphatic carboxylic acids is 1. The fraction of sp³-hybridized carbons (Fsp3) is 0.818. The van der Waals surface area contributed by atoms with Crippen LogP contribution in [0.2, 0.25) is 0 Å². The molecule has 2 aliphatic heterocycles. The Morgan fingerprint density at radius 2 is 1.71 bits per heavy atom. The van der Waals surface area contributed by atoms with Gasteiger partial charge in [-0.05, 0) is 18.8 Å². The van der Waals surface area contributed by atoms with E-state index in [0.29, 0.717) is 32.1 Å². The maximum absolute atomic E-state index is 11.9. The van der Waals surface area contributed by atoms with Crippen LogP contribution in [0, 0.1) is 11.8 Å². The van der Waals surface area contributed by atoms with Crippen molar-refractivity contribution >= 4 is 12.0 Å². The maximum atomic E-state index is 11.9. The summed E-state index contributed by atoms with van der Waals surface area (Å²) < 4.78 is 0. The van der Waals surface area contributed by atoms with Crippen molar-refractivity contribution in [3.63, 3.8) is 0 Å². The van der Waals surface area contributed by atoms with Gasteiger partial charge in [-0.3, -0.25) is 4.79 Å². The van der Waals surface area contributed by atoms with Gasteiger partial charge in [0.2, 0.25) is 0 Å². The van der Waals surface area contributed by atoms with Crippen LogP contribution in [0.3, 0.4) is 0 Å². The first-order chi connectivity index (χ1) is 8.11. The minimum absolute atomic E-state index is 0.0566. The number of carboxylic acid groups (broad SMARTS) is 1. The van der Waals surface area contributed by atoms with E-state index in [9.17, 15) is 9.59 Å². The van der Waals surface area contributed by atoms with Crippen LogP contribution in [0.15, 0.2) is 0 Å². The van der Waals surface area contributed by atoms with Crippen molar-refractivity contribution in [1.29, 1.82) is 0 Å². The highest BCUT2D eigenvalue weighted by Gasteiger charge is 2.38. The average molecular weight is 242 g/mol. The van der Waals surface area contributed by atoms with Gasteiger partial charge in [0.25, 0.3) is 0 Å². The molecule has 2 fully saturated rings. The molecular formula is C11H18N2O4. The largest absolute Gasteiger partial charge is 0.481 e. The van der Waals surface area contributed by atoms with Crippen LogP contribution in [-0.4, -0.2) is 64.8 Å². The van der Waals surface area contributed by atoms with E-state index in [-0.39, 0.29) is 12.6 Å². The van der Waals surface area contributed by atoms with Gasteiger partial charge < -0.3 is 20.0 Å². The summed E-state index contributed by atoms with van der Waals surface area (Å²) in [6, 6.07) is -0.0566. The zero-order valence-electron chi connectivity index (χ0n) is 9.71. The number of amides is 2. The first-order valence-electron chi connectivity index (χ1n) is 5.99. The number of aliphatic hydroxyl groups excluding tert-OH is 1. The highest BCUT2D eigenvalue weighted by atomic mass is 16.4. The van der Waals surface area contributed by atoms with Gasteiger partial charge in [0.1, 0.15) is 0 Å². The summed E-state index contributed by atoms with van der Waals surface area (Å²) in [5, 5.41) is 17.7. The fourth-order valence-electron chi connectivity index (χ4n) is 2.30. The quantitative estimate of drug-likeness (QED) is 0.704. The third-order valence-corrected chi connectivity index (χ3v) is 3.64. The van der Waals surface area contributed by atoms with Crippen LogP contribution < -0.4 is 0 Å². The van der Waals surface area contributed by atoms with E-state index in [2.05, 4.69) is 0 Å². The second-order valence-corrected chi connectivity index (χ2v) is 4.84. The minimum atomic E-state index is -0.826. The second kappa shape index (κ2) is 4.91. The Balaban J connectivity index is 1.77. The number of aliphatic hydroxyl groups is 1. The van der Waals surface area contributed by atoms with Crippen LogP contribution in [0.1, 0.15) is 12.8 Å². The third-order valence-electron chi connectivity index (χ3n) is 3.64. The first kappa shape index (κ1) is 12.2. The number of carboxylic acids is 1. The normalized spacial score (nSPS) is 22.4. The molecule has 0 radical (unpaired) electrons. The number of rotatable bonds is 2. The Labute approximate surface area is 99.8 Å². The Bertz CT molecular complexity index is 307. The summed E-state index contributed by atoms with van der Waals surface area (Å²) in [5.41, 5.74) is 0.